The predicted molar refractivity (Wildman–Crippen MR) is 65.1 cm³/mol. The summed E-state index contributed by atoms with van der Waals surface area (Å²) in [4.78, 5) is 15.9. The second-order valence-corrected chi connectivity index (χ2v) is 4.52. The maximum atomic E-state index is 11.7. The SMILES string of the molecule is CC(N)C(=O)c1cnc2cc(C(C)C)nn2c1. The molecule has 2 heterocycles. The normalized spacial score (nSPS) is 13.2. The molecule has 0 spiro atoms. The number of hydrogen-bond acceptors (Lipinski definition) is 4. The molecule has 0 saturated heterocycles. The highest BCUT2D eigenvalue weighted by atomic mass is 16.1. The number of hydrogen-bond donors (Lipinski definition) is 1. The van der Waals surface area contributed by atoms with Crippen LogP contribution >= 0.6 is 0 Å². The summed E-state index contributed by atoms with van der Waals surface area (Å²) in [5.41, 5.74) is 7.76. The van der Waals surface area contributed by atoms with Gasteiger partial charge in [0, 0.05) is 18.5 Å². The summed E-state index contributed by atoms with van der Waals surface area (Å²) in [7, 11) is 0. The van der Waals surface area contributed by atoms with Crippen molar-refractivity contribution in [2.24, 2.45) is 5.73 Å². The lowest BCUT2D eigenvalue weighted by molar-refractivity contribution is 0.0967. The van der Waals surface area contributed by atoms with Gasteiger partial charge in [0.05, 0.1) is 17.3 Å². The summed E-state index contributed by atoms with van der Waals surface area (Å²) in [5, 5.41) is 4.38. The molecule has 0 aliphatic heterocycles. The fraction of sp³-hybridized carbons (Fsp3) is 0.417. The third-order valence-electron chi connectivity index (χ3n) is 2.62. The van der Waals surface area contributed by atoms with E-state index < -0.39 is 6.04 Å². The standard InChI is InChI=1S/C12H16N4O/c1-7(2)10-4-11-14-5-9(6-16(11)15-10)12(17)8(3)13/h4-8H,13H2,1-3H3. The number of Topliss-reactive ketones (excluding diaryl/α,β-unsaturated/α-hetero) is 1. The molecule has 0 amide bonds. The Morgan fingerprint density at radius 3 is 2.71 bits per heavy atom. The van der Waals surface area contributed by atoms with Crippen molar-refractivity contribution in [3.8, 4) is 0 Å². The average Bonchev–Trinajstić information content (AvgIpc) is 2.70. The largest absolute Gasteiger partial charge is 0.321 e. The average molecular weight is 232 g/mol. The van der Waals surface area contributed by atoms with E-state index in [-0.39, 0.29) is 5.78 Å². The number of carbonyl (C=O) groups excluding carboxylic acids is 1. The van der Waals surface area contributed by atoms with Crippen molar-refractivity contribution in [3.05, 3.63) is 29.7 Å². The van der Waals surface area contributed by atoms with Crippen molar-refractivity contribution in [1.29, 1.82) is 0 Å². The van der Waals surface area contributed by atoms with Crippen LogP contribution in [0.15, 0.2) is 18.5 Å². The Morgan fingerprint density at radius 1 is 1.41 bits per heavy atom. The van der Waals surface area contributed by atoms with Crippen molar-refractivity contribution < 1.29 is 4.79 Å². The first kappa shape index (κ1) is 11.7. The Morgan fingerprint density at radius 2 is 2.12 bits per heavy atom. The van der Waals surface area contributed by atoms with Gasteiger partial charge < -0.3 is 5.73 Å². The zero-order valence-electron chi connectivity index (χ0n) is 10.2. The first-order chi connectivity index (χ1) is 7.99. The minimum atomic E-state index is -0.519. The maximum Gasteiger partial charge on any atom is 0.182 e. The van der Waals surface area contributed by atoms with Crippen molar-refractivity contribution in [2.45, 2.75) is 32.7 Å². The van der Waals surface area contributed by atoms with E-state index in [0.717, 1.165) is 11.3 Å². The molecule has 5 heteroatoms. The maximum absolute atomic E-state index is 11.7. The van der Waals surface area contributed by atoms with E-state index in [2.05, 4.69) is 23.9 Å². The van der Waals surface area contributed by atoms with Crippen LogP contribution in [0, 0.1) is 0 Å². The van der Waals surface area contributed by atoms with Crippen LogP contribution in [0.4, 0.5) is 0 Å². The van der Waals surface area contributed by atoms with E-state index in [9.17, 15) is 4.79 Å². The molecular formula is C12H16N4O. The lowest BCUT2D eigenvalue weighted by Crippen LogP contribution is -2.27. The minimum absolute atomic E-state index is 0.124. The molecule has 0 aliphatic rings. The van der Waals surface area contributed by atoms with Crippen LogP contribution in [0.5, 0.6) is 0 Å². The Labute approximate surface area is 99.6 Å². The number of aromatic nitrogens is 3. The second-order valence-electron chi connectivity index (χ2n) is 4.52. The first-order valence-electron chi connectivity index (χ1n) is 5.64. The highest BCUT2D eigenvalue weighted by Gasteiger charge is 2.13. The van der Waals surface area contributed by atoms with Crippen LogP contribution in [0.25, 0.3) is 5.65 Å². The molecule has 5 nitrogen and oxygen atoms in total. The van der Waals surface area contributed by atoms with Gasteiger partial charge in [0.25, 0.3) is 0 Å². The Hall–Kier alpha value is -1.75. The van der Waals surface area contributed by atoms with Crippen LogP contribution in [-0.2, 0) is 0 Å². The molecule has 0 bridgehead atoms. The molecule has 2 rings (SSSR count). The molecule has 0 saturated carbocycles. The van der Waals surface area contributed by atoms with E-state index in [1.807, 2.05) is 6.07 Å². The van der Waals surface area contributed by atoms with Crippen LogP contribution in [0.1, 0.15) is 42.7 Å². The molecule has 2 N–H and O–H groups in total. The summed E-state index contributed by atoms with van der Waals surface area (Å²) in [6, 6.07) is 1.40. The number of nitrogens with zero attached hydrogens (tertiary/aromatic N) is 3. The van der Waals surface area contributed by atoms with Crippen molar-refractivity contribution in [2.75, 3.05) is 0 Å². The number of nitrogens with two attached hydrogens (primary N) is 1. The molecule has 0 radical (unpaired) electrons. The van der Waals surface area contributed by atoms with Gasteiger partial charge in [0.1, 0.15) is 0 Å². The molecule has 0 fully saturated rings. The summed E-state index contributed by atoms with van der Waals surface area (Å²) >= 11 is 0. The Bertz CT molecular complexity index is 557. The van der Waals surface area contributed by atoms with Crippen molar-refractivity contribution >= 4 is 11.4 Å². The van der Waals surface area contributed by atoms with Gasteiger partial charge in [0.15, 0.2) is 11.4 Å². The zero-order valence-corrected chi connectivity index (χ0v) is 10.2. The van der Waals surface area contributed by atoms with Gasteiger partial charge in [-0.25, -0.2) is 9.50 Å². The Kier molecular flexibility index (Phi) is 2.93. The van der Waals surface area contributed by atoms with Crippen molar-refractivity contribution in [1.82, 2.24) is 14.6 Å². The minimum Gasteiger partial charge on any atom is -0.321 e. The second kappa shape index (κ2) is 4.25. The zero-order chi connectivity index (χ0) is 12.6. The van der Waals surface area contributed by atoms with Gasteiger partial charge in [-0.15, -0.1) is 0 Å². The van der Waals surface area contributed by atoms with Gasteiger partial charge in [-0.2, -0.15) is 5.10 Å². The predicted octanol–water partition coefficient (Wildman–Crippen LogP) is 1.38. The highest BCUT2D eigenvalue weighted by Crippen LogP contribution is 2.14. The molecule has 1 unspecified atom stereocenters. The number of rotatable bonds is 3. The quantitative estimate of drug-likeness (QED) is 0.811. The topological polar surface area (TPSA) is 73.3 Å². The monoisotopic (exact) mass is 232 g/mol. The fourth-order valence-corrected chi connectivity index (χ4v) is 1.57. The van der Waals surface area contributed by atoms with Gasteiger partial charge in [-0.1, -0.05) is 13.8 Å². The smallest absolute Gasteiger partial charge is 0.182 e. The molecular weight excluding hydrogens is 216 g/mol. The molecule has 2 aromatic rings. The Balaban J connectivity index is 2.47. The van der Waals surface area contributed by atoms with Gasteiger partial charge in [0.2, 0.25) is 0 Å². The van der Waals surface area contributed by atoms with Gasteiger partial charge in [-0.05, 0) is 12.8 Å². The lowest BCUT2D eigenvalue weighted by Gasteiger charge is -2.03. The third kappa shape index (κ3) is 2.19. The molecule has 1 atom stereocenters. The summed E-state index contributed by atoms with van der Waals surface area (Å²) in [6.07, 6.45) is 3.23. The van der Waals surface area contributed by atoms with Crippen LogP contribution in [0.2, 0.25) is 0 Å². The lowest BCUT2D eigenvalue weighted by atomic mass is 10.1. The van der Waals surface area contributed by atoms with E-state index in [4.69, 9.17) is 5.73 Å². The number of ketones is 1. The summed E-state index contributed by atoms with van der Waals surface area (Å²) < 4.78 is 1.63. The highest BCUT2D eigenvalue weighted by molar-refractivity contribution is 5.99. The molecule has 17 heavy (non-hydrogen) atoms. The van der Waals surface area contributed by atoms with E-state index in [0.29, 0.717) is 11.5 Å². The van der Waals surface area contributed by atoms with Crippen LogP contribution < -0.4 is 5.73 Å². The third-order valence-corrected chi connectivity index (χ3v) is 2.62. The first-order valence-corrected chi connectivity index (χ1v) is 5.64. The summed E-state index contributed by atoms with van der Waals surface area (Å²) in [6.45, 7) is 5.79. The van der Waals surface area contributed by atoms with Crippen molar-refractivity contribution in [3.63, 3.8) is 0 Å². The summed E-state index contributed by atoms with van der Waals surface area (Å²) in [5.74, 6) is 0.213. The molecule has 0 aliphatic carbocycles. The van der Waals surface area contributed by atoms with E-state index in [1.165, 1.54) is 0 Å². The van der Waals surface area contributed by atoms with Crippen LogP contribution in [-0.4, -0.2) is 26.4 Å². The van der Waals surface area contributed by atoms with E-state index >= 15 is 0 Å². The molecule has 90 valence electrons. The molecule has 0 aromatic carbocycles. The van der Waals surface area contributed by atoms with Gasteiger partial charge >= 0.3 is 0 Å². The van der Waals surface area contributed by atoms with Crippen LogP contribution in [0.3, 0.4) is 0 Å². The van der Waals surface area contributed by atoms with Gasteiger partial charge in [-0.3, -0.25) is 4.79 Å². The number of carbonyl (C=O) groups is 1. The number of fused-ring (bicyclic) bond motifs is 1. The fourth-order valence-electron chi connectivity index (χ4n) is 1.57. The molecule has 2 aromatic heterocycles. The van der Waals surface area contributed by atoms with E-state index in [1.54, 1.807) is 23.8 Å².